The van der Waals surface area contributed by atoms with Gasteiger partial charge >= 0.3 is 29.8 Å². The first-order valence-corrected chi connectivity index (χ1v) is 14.9. The second-order valence-corrected chi connectivity index (χ2v) is 12.0. The highest BCUT2D eigenvalue weighted by Crippen LogP contribution is 2.67. The van der Waals surface area contributed by atoms with Crippen LogP contribution in [0, 0.1) is 5.92 Å². The molecule has 4 aliphatic rings. The predicted octanol–water partition coefficient (Wildman–Crippen LogP) is 2.54. The van der Waals surface area contributed by atoms with E-state index in [4.69, 9.17) is 23.7 Å². The fraction of sp³-hybridized carbons (Fsp3) is 0.424. The van der Waals surface area contributed by atoms with Gasteiger partial charge in [0.25, 0.3) is 0 Å². The molecule has 1 fully saturated rings. The maximum Gasteiger partial charge on any atom is 0.357 e. The number of ether oxygens (including phenoxy) is 5. The summed E-state index contributed by atoms with van der Waals surface area (Å²) in [6.07, 6.45) is -3.23. The van der Waals surface area contributed by atoms with Crippen LogP contribution >= 0.6 is 0 Å². The van der Waals surface area contributed by atoms with Crippen molar-refractivity contribution in [1.82, 2.24) is 0 Å². The molecule has 0 amide bonds. The first-order valence-electron chi connectivity index (χ1n) is 14.9. The second kappa shape index (κ2) is 11.5. The molecule has 6 rings (SSSR count). The van der Waals surface area contributed by atoms with Crippen LogP contribution in [-0.2, 0) is 54.8 Å². The van der Waals surface area contributed by atoms with Gasteiger partial charge in [0.2, 0.25) is 18.3 Å². The number of aliphatic carboxylic acids is 1. The standard InChI is InChI=1S/C33H32O13/c1-16(34)42-26(27(43-17(2)35)31(40)46-24(29(37)38)18-7-4-3-5-8-18)30(39)44-22-12-14-33(41)20-9-6-13-32(33)23-19(15-20)10-11-21(36)25(23)45-28(22)32/h3-5,7-8,10-12,20,24,26-28,36,41H,6,9,13-15H2,1-2H3,(H,37,38)/t20-,24+,26+,27+,28+,32+,33-/m0/s1. The summed E-state index contributed by atoms with van der Waals surface area (Å²) in [6, 6.07) is 10.8. The molecule has 0 radical (unpaired) electrons. The van der Waals surface area contributed by atoms with Gasteiger partial charge in [-0.2, -0.15) is 0 Å². The van der Waals surface area contributed by atoms with Crippen LogP contribution in [0.1, 0.15) is 62.3 Å². The second-order valence-electron chi connectivity index (χ2n) is 12.0. The highest BCUT2D eigenvalue weighted by Gasteiger charge is 2.71. The number of hydrogen-bond donors (Lipinski definition) is 3. The van der Waals surface area contributed by atoms with Gasteiger partial charge in [-0.1, -0.05) is 42.8 Å². The van der Waals surface area contributed by atoms with Crippen molar-refractivity contribution in [2.75, 3.05) is 0 Å². The normalized spacial score (nSPS) is 27.0. The lowest BCUT2D eigenvalue weighted by molar-refractivity contribution is -0.195. The van der Waals surface area contributed by atoms with Crippen LogP contribution in [-0.4, -0.2) is 69.1 Å². The lowest BCUT2D eigenvalue weighted by Crippen LogP contribution is -2.67. The van der Waals surface area contributed by atoms with Crippen molar-refractivity contribution >= 4 is 29.8 Å². The zero-order chi connectivity index (χ0) is 33.0. The van der Waals surface area contributed by atoms with Gasteiger partial charge < -0.3 is 39.0 Å². The lowest BCUT2D eigenvalue weighted by Gasteiger charge is -2.59. The third kappa shape index (κ3) is 4.85. The molecule has 3 aliphatic carbocycles. The topological polar surface area (TPSA) is 192 Å². The number of rotatable bonds is 9. The number of carbonyl (C=O) groups excluding carboxylic acids is 4. The zero-order valence-corrected chi connectivity index (χ0v) is 25.0. The van der Waals surface area contributed by atoms with E-state index in [-0.39, 0.29) is 35.2 Å². The summed E-state index contributed by atoms with van der Waals surface area (Å²) in [5.41, 5.74) is -0.664. The number of aromatic hydroxyl groups is 1. The molecule has 7 atom stereocenters. The molecule has 3 N–H and O–H groups in total. The van der Waals surface area contributed by atoms with Crippen molar-refractivity contribution < 1.29 is 63.0 Å². The van der Waals surface area contributed by atoms with E-state index in [1.807, 2.05) is 0 Å². The Morgan fingerprint density at radius 3 is 2.26 bits per heavy atom. The van der Waals surface area contributed by atoms with Crippen LogP contribution in [0.2, 0.25) is 0 Å². The number of esters is 4. The van der Waals surface area contributed by atoms with Gasteiger partial charge in [0.1, 0.15) is 5.76 Å². The molecule has 0 unspecified atom stereocenters. The number of phenols is 1. The Hall–Kier alpha value is -4.91. The predicted molar refractivity (Wildman–Crippen MR) is 153 cm³/mol. The fourth-order valence-corrected chi connectivity index (χ4v) is 7.60. The molecule has 242 valence electrons. The minimum atomic E-state index is -2.25. The van der Waals surface area contributed by atoms with Crippen LogP contribution in [0.5, 0.6) is 11.5 Å². The van der Waals surface area contributed by atoms with Crippen molar-refractivity contribution in [3.8, 4) is 11.5 Å². The monoisotopic (exact) mass is 636 g/mol. The molecule has 2 bridgehead atoms. The summed E-state index contributed by atoms with van der Waals surface area (Å²) < 4.78 is 27.4. The molecule has 1 spiro atoms. The number of carboxylic acid groups (broad SMARTS) is 1. The van der Waals surface area contributed by atoms with Gasteiger partial charge in [-0.3, -0.25) is 9.59 Å². The lowest BCUT2D eigenvalue weighted by atomic mass is 9.47. The molecule has 0 aromatic heterocycles. The van der Waals surface area contributed by atoms with Crippen LogP contribution in [0.15, 0.2) is 54.3 Å². The summed E-state index contributed by atoms with van der Waals surface area (Å²) in [7, 11) is 0. The van der Waals surface area contributed by atoms with Gasteiger partial charge in [-0.05, 0) is 49.3 Å². The van der Waals surface area contributed by atoms with Gasteiger partial charge in [0.15, 0.2) is 17.6 Å². The van der Waals surface area contributed by atoms with Crippen molar-refractivity contribution in [3.63, 3.8) is 0 Å². The Morgan fingerprint density at radius 1 is 0.935 bits per heavy atom. The zero-order valence-electron chi connectivity index (χ0n) is 25.0. The average Bonchev–Trinajstić information content (AvgIpc) is 3.36. The molecule has 2 aromatic carbocycles. The molecule has 1 aliphatic heterocycles. The Balaban J connectivity index is 1.33. The van der Waals surface area contributed by atoms with Crippen molar-refractivity contribution in [1.29, 1.82) is 0 Å². The van der Waals surface area contributed by atoms with Gasteiger partial charge in [-0.25, -0.2) is 14.4 Å². The quantitative estimate of drug-likeness (QED) is 0.269. The molecular formula is C33H32O13. The summed E-state index contributed by atoms with van der Waals surface area (Å²) in [4.78, 5) is 63.3. The van der Waals surface area contributed by atoms with Crippen LogP contribution in [0.4, 0.5) is 0 Å². The van der Waals surface area contributed by atoms with Gasteiger partial charge in [0, 0.05) is 25.0 Å². The van der Waals surface area contributed by atoms with Crippen LogP contribution in [0.3, 0.4) is 0 Å². The van der Waals surface area contributed by atoms with E-state index >= 15 is 0 Å². The number of carbonyl (C=O) groups is 5. The van der Waals surface area contributed by atoms with Gasteiger partial charge in [0.05, 0.1) is 11.0 Å². The van der Waals surface area contributed by atoms with Crippen molar-refractivity contribution in [2.45, 2.75) is 81.4 Å². The van der Waals surface area contributed by atoms with Gasteiger partial charge in [-0.15, -0.1) is 0 Å². The summed E-state index contributed by atoms with van der Waals surface area (Å²) in [5, 5.41) is 32.7. The molecule has 1 saturated carbocycles. The van der Waals surface area contributed by atoms with Crippen molar-refractivity contribution in [3.05, 3.63) is 71.0 Å². The Kier molecular flexibility index (Phi) is 7.75. The fourth-order valence-electron chi connectivity index (χ4n) is 7.60. The minimum Gasteiger partial charge on any atom is -0.504 e. The van der Waals surface area contributed by atoms with Crippen LogP contribution < -0.4 is 4.74 Å². The Labute approximate surface area is 262 Å². The first kappa shape index (κ1) is 31.1. The van der Waals surface area contributed by atoms with E-state index in [2.05, 4.69) is 0 Å². The summed E-state index contributed by atoms with van der Waals surface area (Å²) >= 11 is 0. The summed E-state index contributed by atoms with van der Waals surface area (Å²) in [5.74, 6) is -6.61. The highest BCUT2D eigenvalue weighted by molar-refractivity contribution is 5.90. The van der Waals surface area contributed by atoms with E-state index in [9.17, 15) is 39.3 Å². The summed E-state index contributed by atoms with van der Waals surface area (Å²) in [6.45, 7) is 1.88. The molecule has 46 heavy (non-hydrogen) atoms. The number of carboxylic acids is 1. The third-order valence-corrected chi connectivity index (χ3v) is 9.37. The van der Waals surface area contributed by atoms with E-state index in [0.717, 1.165) is 32.3 Å². The Bertz CT molecular complexity index is 1650. The number of hydrogen-bond acceptors (Lipinski definition) is 12. The van der Waals surface area contributed by atoms with E-state index < -0.39 is 65.3 Å². The van der Waals surface area contributed by atoms with Crippen molar-refractivity contribution in [2.24, 2.45) is 5.92 Å². The molecule has 1 heterocycles. The smallest absolute Gasteiger partial charge is 0.357 e. The first-order chi connectivity index (χ1) is 21.9. The number of benzene rings is 2. The molecule has 13 nitrogen and oxygen atoms in total. The maximum absolute atomic E-state index is 13.8. The third-order valence-electron chi connectivity index (χ3n) is 9.37. The molecule has 0 saturated heterocycles. The molecular weight excluding hydrogens is 604 g/mol. The largest absolute Gasteiger partial charge is 0.504 e. The maximum atomic E-state index is 13.8. The Morgan fingerprint density at radius 2 is 1.61 bits per heavy atom. The minimum absolute atomic E-state index is 0.0569. The van der Waals surface area contributed by atoms with E-state index in [0.29, 0.717) is 18.4 Å². The van der Waals surface area contributed by atoms with E-state index in [1.165, 1.54) is 36.4 Å². The highest BCUT2D eigenvalue weighted by atomic mass is 16.6. The van der Waals surface area contributed by atoms with Crippen LogP contribution in [0.25, 0.3) is 0 Å². The van der Waals surface area contributed by atoms with E-state index in [1.54, 1.807) is 12.1 Å². The molecule has 2 aromatic rings. The number of aliphatic hydroxyl groups is 1. The SMILES string of the molecule is CC(=O)O[C@@H](C(=O)OC1=CC[C@]2(O)[C@H]3CCC[C@]24c2c(ccc(O)c2O[C@H]14)C3)[C@@H](OC(C)=O)C(=O)O[C@@H](C(=O)O)c1ccccc1. The number of phenolic OH excluding ortho intramolecular Hbond substituents is 1. The molecule has 13 heteroatoms. The average molecular weight is 637 g/mol.